The molecule has 0 radical (unpaired) electrons. The van der Waals surface area contributed by atoms with Gasteiger partial charge in [0.1, 0.15) is 10.8 Å². The largest absolute Gasteiger partial charge is 0.343 e. The van der Waals surface area contributed by atoms with Crippen molar-refractivity contribution in [3.05, 3.63) is 40.5 Å². The van der Waals surface area contributed by atoms with Gasteiger partial charge in [0.05, 0.1) is 11.6 Å². The Kier molecular flexibility index (Phi) is 3.85. The Balaban J connectivity index is 2.03. The van der Waals surface area contributed by atoms with Gasteiger partial charge in [-0.15, -0.1) is 11.3 Å². The van der Waals surface area contributed by atoms with Gasteiger partial charge in [0.25, 0.3) is 5.91 Å². The number of aromatic nitrogens is 2. The molecule has 6 nitrogen and oxygen atoms in total. The fraction of sp³-hybridized carbons (Fsp3) is 0.182. The van der Waals surface area contributed by atoms with Crippen LogP contribution in [0.15, 0.2) is 29.9 Å². The fourth-order valence-corrected chi connectivity index (χ4v) is 2.05. The van der Waals surface area contributed by atoms with E-state index in [9.17, 15) is 4.79 Å². The summed E-state index contributed by atoms with van der Waals surface area (Å²) in [7, 11) is 0. The quantitative estimate of drug-likeness (QED) is 0.571. The smallest absolute Gasteiger partial charge is 0.253 e. The topological polar surface area (TPSA) is 92.9 Å². The molecule has 0 spiro atoms. The number of rotatable bonds is 4. The number of pyridine rings is 1. The van der Waals surface area contributed by atoms with Gasteiger partial charge in [0.2, 0.25) is 0 Å². The van der Waals surface area contributed by atoms with Crippen LogP contribution in [0.5, 0.6) is 0 Å². The third-order valence-electron chi connectivity index (χ3n) is 2.34. The van der Waals surface area contributed by atoms with Crippen LogP contribution in [-0.2, 0) is 0 Å². The Bertz CT molecular complexity index is 511. The van der Waals surface area contributed by atoms with Crippen LogP contribution in [0.1, 0.15) is 28.3 Å². The van der Waals surface area contributed by atoms with Gasteiger partial charge in [0, 0.05) is 17.8 Å². The zero-order chi connectivity index (χ0) is 13.0. The lowest BCUT2D eigenvalue weighted by Crippen LogP contribution is -2.26. The zero-order valence-electron chi connectivity index (χ0n) is 9.75. The molecular formula is C11H13N5OS. The van der Waals surface area contributed by atoms with Crippen molar-refractivity contribution >= 4 is 23.1 Å². The number of carbonyl (C=O) groups is 1. The van der Waals surface area contributed by atoms with Crippen molar-refractivity contribution in [1.82, 2.24) is 15.3 Å². The molecule has 0 saturated heterocycles. The molecule has 2 heterocycles. The Labute approximate surface area is 108 Å². The second-order valence-corrected chi connectivity index (χ2v) is 4.57. The van der Waals surface area contributed by atoms with Crippen LogP contribution in [0.25, 0.3) is 0 Å². The number of thiazole rings is 1. The number of nitrogen functional groups attached to an aromatic ring is 1. The van der Waals surface area contributed by atoms with Gasteiger partial charge < -0.3 is 10.7 Å². The number of carbonyl (C=O) groups excluding carboxylic acids is 1. The normalized spacial score (nSPS) is 11.9. The van der Waals surface area contributed by atoms with Gasteiger partial charge in [-0.2, -0.15) is 0 Å². The highest BCUT2D eigenvalue weighted by molar-refractivity contribution is 7.09. The summed E-state index contributed by atoms with van der Waals surface area (Å²) in [5, 5.41) is 5.60. The summed E-state index contributed by atoms with van der Waals surface area (Å²) in [6.45, 7) is 1.89. The van der Waals surface area contributed by atoms with Crippen LogP contribution in [0, 0.1) is 0 Å². The van der Waals surface area contributed by atoms with E-state index in [0.29, 0.717) is 11.4 Å². The Hall–Kier alpha value is -1.99. The SMILES string of the molecule is CC(NC(=O)c1ccc(NN)nc1)c1nccs1. The first-order chi connectivity index (χ1) is 8.70. The van der Waals surface area contributed by atoms with E-state index in [0.717, 1.165) is 5.01 Å². The summed E-state index contributed by atoms with van der Waals surface area (Å²) in [4.78, 5) is 20.1. The molecule has 4 N–H and O–H groups in total. The van der Waals surface area contributed by atoms with Crippen molar-refractivity contribution in [1.29, 1.82) is 0 Å². The molecule has 0 saturated carbocycles. The second kappa shape index (κ2) is 5.56. The molecule has 0 aliphatic carbocycles. The molecule has 1 atom stereocenters. The van der Waals surface area contributed by atoms with Gasteiger partial charge in [0.15, 0.2) is 0 Å². The van der Waals surface area contributed by atoms with Gasteiger partial charge >= 0.3 is 0 Å². The van der Waals surface area contributed by atoms with Crippen LogP contribution >= 0.6 is 11.3 Å². The third-order valence-corrected chi connectivity index (χ3v) is 3.30. The monoisotopic (exact) mass is 263 g/mol. The minimum atomic E-state index is -0.186. The number of hydrogen-bond donors (Lipinski definition) is 3. The van der Waals surface area contributed by atoms with Crippen molar-refractivity contribution < 1.29 is 4.79 Å². The Morgan fingerprint density at radius 1 is 1.44 bits per heavy atom. The average Bonchev–Trinajstić information content (AvgIpc) is 2.92. The third kappa shape index (κ3) is 2.82. The maximum Gasteiger partial charge on any atom is 0.253 e. The van der Waals surface area contributed by atoms with Crippen molar-refractivity contribution in [2.75, 3.05) is 5.43 Å². The van der Waals surface area contributed by atoms with E-state index in [1.807, 2.05) is 12.3 Å². The van der Waals surface area contributed by atoms with Crippen molar-refractivity contribution in [2.24, 2.45) is 5.84 Å². The lowest BCUT2D eigenvalue weighted by molar-refractivity contribution is 0.0939. The molecule has 1 unspecified atom stereocenters. The molecule has 18 heavy (non-hydrogen) atoms. The molecule has 2 aromatic rings. The molecule has 1 amide bonds. The highest BCUT2D eigenvalue weighted by atomic mass is 32.1. The highest BCUT2D eigenvalue weighted by Gasteiger charge is 2.13. The summed E-state index contributed by atoms with van der Waals surface area (Å²) < 4.78 is 0. The number of nitrogens with zero attached hydrogens (tertiary/aromatic N) is 2. The minimum absolute atomic E-state index is 0.121. The molecule has 0 aromatic carbocycles. The van der Waals surface area contributed by atoms with Crippen molar-refractivity contribution in [2.45, 2.75) is 13.0 Å². The molecule has 0 aliphatic heterocycles. The number of hydrogen-bond acceptors (Lipinski definition) is 6. The summed E-state index contributed by atoms with van der Waals surface area (Å²) in [6, 6.07) is 3.18. The van der Waals surface area contributed by atoms with Gasteiger partial charge in [-0.25, -0.2) is 15.8 Å². The lowest BCUT2D eigenvalue weighted by atomic mass is 10.2. The maximum absolute atomic E-state index is 11.9. The number of nitrogens with one attached hydrogen (secondary N) is 2. The minimum Gasteiger partial charge on any atom is -0.343 e. The average molecular weight is 263 g/mol. The van der Waals surface area contributed by atoms with E-state index in [1.165, 1.54) is 17.5 Å². The van der Waals surface area contributed by atoms with Crippen LogP contribution in [0.3, 0.4) is 0 Å². The zero-order valence-corrected chi connectivity index (χ0v) is 10.6. The van der Waals surface area contributed by atoms with E-state index >= 15 is 0 Å². The van der Waals surface area contributed by atoms with Crippen LogP contribution in [-0.4, -0.2) is 15.9 Å². The fourth-order valence-electron chi connectivity index (χ4n) is 1.40. The number of nitrogens with two attached hydrogens (primary N) is 1. The van der Waals surface area contributed by atoms with Crippen molar-refractivity contribution in [3.8, 4) is 0 Å². The predicted octanol–water partition coefficient (Wildman–Crippen LogP) is 1.31. The number of hydrazine groups is 1. The number of anilines is 1. The highest BCUT2D eigenvalue weighted by Crippen LogP contribution is 2.15. The van der Waals surface area contributed by atoms with E-state index in [1.54, 1.807) is 18.3 Å². The molecule has 94 valence electrons. The second-order valence-electron chi connectivity index (χ2n) is 3.64. The van der Waals surface area contributed by atoms with Crippen LogP contribution < -0.4 is 16.6 Å². The van der Waals surface area contributed by atoms with Crippen molar-refractivity contribution in [3.63, 3.8) is 0 Å². The predicted molar refractivity (Wildman–Crippen MR) is 70.0 cm³/mol. The first kappa shape index (κ1) is 12.5. The first-order valence-corrected chi connectivity index (χ1v) is 6.21. The summed E-state index contributed by atoms with van der Waals surface area (Å²) >= 11 is 1.51. The van der Waals surface area contributed by atoms with Crippen LogP contribution in [0.4, 0.5) is 5.82 Å². The molecular weight excluding hydrogens is 250 g/mol. The lowest BCUT2D eigenvalue weighted by Gasteiger charge is -2.11. The molecule has 7 heteroatoms. The molecule has 2 aromatic heterocycles. The van der Waals surface area contributed by atoms with E-state index in [-0.39, 0.29) is 11.9 Å². The molecule has 0 aliphatic rings. The molecule has 0 bridgehead atoms. The number of amides is 1. The summed E-state index contributed by atoms with van der Waals surface area (Å²) in [5.41, 5.74) is 2.89. The van der Waals surface area contributed by atoms with Gasteiger partial charge in [-0.1, -0.05) is 0 Å². The molecule has 0 fully saturated rings. The standard InChI is InChI=1S/C11H13N5OS/c1-7(11-13-4-5-18-11)15-10(17)8-2-3-9(16-12)14-6-8/h2-7H,12H2,1H3,(H,14,16)(H,15,17). The first-order valence-electron chi connectivity index (χ1n) is 5.33. The summed E-state index contributed by atoms with van der Waals surface area (Å²) in [6.07, 6.45) is 3.19. The maximum atomic E-state index is 11.9. The van der Waals surface area contributed by atoms with E-state index < -0.39 is 0 Å². The van der Waals surface area contributed by atoms with E-state index in [4.69, 9.17) is 5.84 Å². The van der Waals surface area contributed by atoms with E-state index in [2.05, 4.69) is 20.7 Å². The Morgan fingerprint density at radius 3 is 2.83 bits per heavy atom. The summed E-state index contributed by atoms with van der Waals surface area (Å²) in [5.74, 6) is 5.53. The Morgan fingerprint density at radius 2 is 2.28 bits per heavy atom. The van der Waals surface area contributed by atoms with Gasteiger partial charge in [-0.05, 0) is 19.1 Å². The molecule has 2 rings (SSSR count). The van der Waals surface area contributed by atoms with Crippen LogP contribution in [0.2, 0.25) is 0 Å². The van der Waals surface area contributed by atoms with Gasteiger partial charge in [-0.3, -0.25) is 4.79 Å².